The van der Waals surface area contributed by atoms with Crippen LogP contribution in [0, 0.1) is 0 Å². The Labute approximate surface area is 135 Å². The van der Waals surface area contributed by atoms with Gasteiger partial charge < -0.3 is 20.5 Å². The van der Waals surface area contributed by atoms with Crippen LogP contribution < -0.4 is 20.5 Å². The summed E-state index contributed by atoms with van der Waals surface area (Å²) < 4.78 is 11.1. The zero-order chi connectivity index (χ0) is 16.1. The quantitative estimate of drug-likeness (QED) is 0.853. The lowest BCUT2D eigenvalue weighted by atomic mass is 10.1. The summed E-state index contributed by atoms with van der Waals surface area (Å²) in [7, 11) is 0. The molecule has 1 aliphatic rings. The van der Waals surface area contributed by atoms with Gasteiger partial charge in [-0.1, -0.05) is 36.4 Å². The minimum atomic E-state index is -0.478. The number of ether oxygens (including phenoxy) is 2. The van der Waals surface area contributed by atoms with Crippen LogP contribution in [0.3, 0.4) is 0 Å². The summed E-state index contributed by atoms with van der Waals surface area (Å²) in [5.41, 5.74) is 7.50. The molecule has 0 bridgehead atoms. The Balaban J connectivity index is 1.60. The second-order valence-corrected chi connectivity index (χ2v) is 5.43. The smallest absolute Gasteiger partial charge is 0.239 e. The maximum atomic E-state index is 11.7. The van der Waals surface area contributed by atoms with Gasteiger partial charge in [-0.05, 0) is 29.7 Å². The van der Waals surface area contributed by atoms with Gasteiger partial charge >= 0.3 is 0 Å². The number of nitrogens with one attached hydrogen (secondary N) is 1. The van der Waals surface area contributed by atoms with Crippen LogP contribution in [-0.2, 0) is 11.2 Å². The zero-order valence-corrected chi connectivity index (χ0v) is 12.8. The molecule has 0 aliphatic carbocycles. The molecule has 1 aliphatic heterocycles. The van der Waals surface area contributed by atoms with Gasteiger partial charge in [0, 0.05) is 6.54 Å². The lowest BCUT2D eigenvalue weighted by molar-refractivity contribution is -0.120. The van der Waals surface area contributed by atoms with Gasteiger partial charge in [-0.2, -0.15) is 0 Å². The number of primary amides is 1. The van der Waals surface area contributed by atoms with Gasteiger partial charge in [0.1, 0.15) is 19.3 Å². The minimum absolute atomic E-state index is 0.377. The van der Waals surface area contributed by atoms with E-state index >= 15 is 0 Å². The van der Waals surface area contributed by atoms with E-state index in [1.807, 2.05) is 48.5 Å². The van der Waals surface area contributed by atoms with Crippen molar-refractivity contribution in [1.29, 1.82) is 0 Å². The third kappa shape index (κ3) is 3.81. The second kappa shape index (κ2) is 7.15. The molecule has 2 aromatic carbocycles. The highest BCUT2D eigenvalue weighted by Gasteiger charge is 2.17. The van der Waals surface area contributed by atoms with Crippen molar-refractivity contribution < 1.29 is 14.3 Å². The third-order valence-corrected chi connectivity index (χ3v) is 3.79. The van der Waals surface area contributed by atoms with E-state index in [2.05, 4.69) is 5.32 Å². The molecule has 3 N–H and O–H groups in total. The van der Waals surface area contributed by atoms with E-state index in [1.165, 1.54) is 0 Å². The normalized spacial score (nSPS) is 14.3. The van der Waals surface area contributed by atoms with Crippen LogP contribution >= 0.6 is 0 Å². The van der Waals surface area contributed by atoms with Crippen LogP contribution in [0.1, 0.15) is 17.2 Å². The highest BCUT2D eigenvalue weighted by atomic mass is 16.6. The van der Waals surface area contributed by atoms with Gasteiger partial charge in [0.25, 0.3) is 0 Å². The first-order valence-electron chi connectivity index (χ1n) is 7.70. The molecule has 120 valence electrons. The van der Waals surface area contributed by atoms with Gasteiger partial charge in [0.05, 0.1) is 0 Å². The fourth-order valence-corrected chi connectivity index (χ4v) is 2.63. The predicted molar refractivity (Wildman–Crippen MR) is 87.5 cm³/mol. The molecule has 1 atom stereocenters. The molecule has 1 amide bonds. The number of amides is 1. The van der Waals surface area contributed by atoms with E-state index in [-0.39, 0.29) is 5.91 Å². The highest BCUT2D eigenvalue weighted by Crippen LogP contribution is 2.30. The molecular formula is C18H20N2O3. The Hall–Kier alpha value is -2.53. The monoisotopic (exact) mass is 312 g/mol. The Kier molecular flexibility index (Phi) is 4.78. The van der Waals surface area contributed by atoms with Crippen molar-refractivity contribution in [2.75, 3.05) is 19.8 Å². The molecule has 0 saturated heterocycles. The first-order valence-corrected chi connectivity index (χ1v) is 7.70. The van der Waals surface area contributed by atoms with Crippen molar-refractivity contribution in [3.63, 3.8) is 0 Å². The minimum Gasteiger partial charge on any atom is -0.486 e. The average Bonchev–Trinajstić information content (AvgIpc) is 2.59. The van der Waals surface area contributed by atoms with Gasteiger partial charge in [-0.25, -0.2) is 0 Å². The van der Waals surface area contributed by atoms with Crippen molar-refractivity contribution in [2.24, 2.45) is 5.73 Å². The van der Waals surface area contributed by atoms with Crippen molar-refractivity contribution in [1.82, 2.24) is 5.32 Å². The van der Waals surface area contributed by atoms with E-state index in [4.69, 9.17) is 15.2 Å². The molecule has 0 fully saturated rings. The molecule has 5 heteroatoms. The zero-order valence-electron chi connectivity index (χ0n) is 12.8. The summed E-state index contributed by atoms with van der Waals surface area (Å²) in [6.45, 7) is 1.81. The van der Waals surface area contributed by atoms with Crippen molar-refractivity contribution >= 4 is 5.91 Å². The van der Waals surface area contributed by atoms with Gasteiger partial charge in [0.2, 0.25) is 5.91 Å². The lowest BCUT2D eigenvalue weighted by Crippen LogP contribution is -2.34. The average molecular weight is 312 g/mol. The maximum Gasteiger partial charge on any atom is 0.239 e. The number of rotatable bonds is 6. The summed E-state index contributed by atoms with van der Waals surface area (Å²) in [5, 5.41) is 3.22. The Morgan fingerprint density at radius 1 is 1.09 bits per heavy atom. The van der Waals surface area contributed by atoms with Crippen molar-refractivity contribution in [3.8, 4) is 11.5 Å². The first kappa shape index (κ1) is 15.4. The number of hydrogen-bond donors (Lipinski definition) is 2. The highest BCUT2D eigenvalue weighted by molar-refractivity contribution is 5.81. The van der Waals surface area contributed by atoms with Crippen molar-refractivity contribution in [3.05, 3.63) is 59.7 Å². The number of benzene rings is 2. The van der Waals surface area contributed by atoms with Crippen molar-refractivity contribution in [2.45, 2.75) is 12.5 Å². The molecule has 0 radical (unpaired) electrons. The third-order valence-electron chi connectivity index (χ3n) is 3.79. The van der Waals surface area contributed by atoms with Crippen LogP contribution in [0.25, 0.3) is 0 Å². The van der Waals surface area contributed by atoms with Crippen LogP contribution in [0.5, 0.6) is 11.5 Å². The summed E-state index contributed by atoms with van der Waals surface area (Å²) in [6.07, 6.45) is 0.771. The van der Waals surface area contributed by atoms with Crippen LogP contribution in [-0.4, -0.2) is 25.7 Å². The molecule has 2 aromatic rings. The van der Waals surface area contributed by atoms with Crippen LogP contribution in [0.15, 0.2) is 48.5 Å². The number of fused-ring (bicyclic) bond motifs is 1. The summed E-state index contributed by atoms with van der Waals surface area (Å²) in [5.74, 6) is 1.19. The first-order chi connectivity index (χ1) is 11.2. The summed E-state index contributed by atoms with van der Waals surface area (Å²) in [6, 6.07) is 14.9. The van der Waals surface area contributed by atoms with E-state index in [1.54, 1.807) is 0 Å². The fourth-order valence-electron chi connectivity index (χ4n) is 2.63. The fraction of sp³-hybridized carbons (Fsp3) is 0.278. The number of carbonyl (C=O) groups excluding carboxylic acids is 1. The summed E-state index contributed by atoms with van der Waals surface area (Å²) >= 11 is 0. The van der Waals surface area contributed by atoms with Crippen LogP contribution in [0.2, 0.25) is 0 Å². The predicted octanol–water partition coefficient (Wildman–Crippen LogP) is 1.82. The molecule has 0 aromatic heterocycles. The van der Waals surface area contributed by atoms with Gasteiger partial charge in [-0.15, -0.1) is 0 Å². The van der Waals surface area contributed by atoms with Crippen LogP contribution in [0.4, 0.5) is 0 Å². The topological polar surface area (TPSA) is 73.6 Å². The molecule has 0 saturated carbocycles. The Morgan fingerprint density at radius 2 is 1.83 bits per heavy atom. The molecule has 5 nitrogen and oxygen atoms in total. The molecule has 0 spiro atoms. The van der Waals surface area contributed by atoms with E-state index in [0.717, 1.165) is 29.0 Å². The molecule has 1 heterocycles. The Bertz CT molecular complexity index is 673. The molecule has 3 rings (SSSR count). The van der Waals surface area contributed by atoms with Gasteiger partial charge in [0.15, 0.2) is 11.5 Å². The molecule has 23 heavy (non-hydrogen) atoms. The lowest BCUT2D eigenvalue weighted by Gasteiger charge is -2.19. The standard InChI is InChI=1S/C18H20N2O3/c19-18(21)17(14-4-2-1-3-5-14)20-9-8-13-6-7-15-16(12-13)23-11-10-22-15/h1-7,12,17,20H,8-11H2,(H2,19,21)/t17-/m0/s1. The molecule has 0 unspecified atom stereocenters. The SMILES string of the molecule is NC(=O)[C@@H](NCCc1ccc2c(c1)OCCO2)c1ccccc1. The molecular weight excluding hydrogens is 292 g/mol. The van der Waals surface area contributed by atoms with E-state index in [9.17, 15) is 4.79 Å². The number of nitrogens with two attached hydrogens (primary N) is 1. The van der Waals surface area contributed by atoms with E-state index < -0.39 is 6.04 Å². The summed E-state index contributed by atoms with van der Waals surface area (Å²) in [4.78, 5) is 11.7. The van der Waals surface area contributed by atoms with Gasteiger partial charge in [-0.3, -0.25) is 4.79 Å². The largest absolute Gasteiger partial charge is 0.486 e. The maximum absolute atomic E-state index is 11.7. The Morgan fingerprint density at radius 3 is 2.57 bits per heavy atom. The number of carbonyl (C=O) groups is 1. The number of hydrogen-bond acceptors (Lipinski definition) is 4. The van der Waals surface area contributed by atoms with E-state index in [0.29, 0.717) is 19.8 Å². The second-order valence-electron chi connectivity index (χ2n) is 5.43.